The zero-order chi connectivity index (χ0) is 13.1. The summed E-state index contributed by atoms with van der Waals surface area (Å²) in [5, 5.41) is 0. The lowest BCUT2D eigenvalue weighted by Gasteiger charge is -2.17. The fourth-order valence-electron chi connectivity index (χ4n) is 1.97. The van der Waals surface area contributed by atoms with Crippen LogP contribution in [0.25, 0.3) is 0 Å². The highest BCUT2D eigenvalue weighted by Gasteiger charge is 2.08. The number of hydrogen-bond acceptors (Lipinski definition) is 1. The molecule has 0 spiro atoms. The SMILES string of the molecule is C#CCC[C@H](CCCCC)OCc1ccccc1. The topological polar surface area (TPSA) is 9.23 Å². The second-order valence-electron chi connectivity index (χ2n) is 4.66. The lowest BCUT2D eigenvalue weighted by molar-refractivity contribution is 0.0288. The molecule has 0 heterocycles. The first-order valence-corrected chi connectivity index (χ1v) is 6.95. The van der Waals surface area contributed by atoms with Crippen molar-refractivity contribution in [1.82, 2.24) is 0 Å². The summed E-state index contributed by atoms with van der Waals surface area (Å²) in [6.07, 6.45) is 12.3. The van der Waals surface area contributed by atoms with Gasteiger partial charge >= 0.3 is 0 Å². The van der Waals surface area contributed by atoms with Gasteiger partial charge in [-0.1, -0.05) is 56.5 Å². The van der Waals surface area contributed by atoms with Gasteiger partial charge in [0.15, 0.2) is 0 Å². The highest BCUT2D eigenvalue weighted by atomic mass is 16.5. The largest absolute Gasteiger partial charge is 0.374 e. The van der Waals surface area contributed by atoms with Gasteiger partial charge in [-0.2, -0.15) is 0 Å². The van der Waals surface area contributed by atoms with E-state index in [-0.39, 0.29) is 0 Å². The van der Waals surface area contributed by atoms with E-state index < -0.39 is 0 Å². The minimum absolute atomic E-state index is 0.313. The van der Waals surface area contributed by atoms with Crippen LogP contribution in [0, 0.1) is 12.3 Å². The summed E-state index contributed by atoms with van der Waals surface area (Å²) in [6, 6.07) is 10.3. The fourth-order valence-corrected chi connectivity index (χ4v) is 1.97. The van der Waals surface area contributed by atoms with Crippen LogP contribution in [0.15, 0.2) is 30.3 Å². The van der Waals surface area contributed by atoms with Gasteiger partial charge in [0, 0.05) is 6.42 Å². The third kappa shape index (κ3) is 6.47. The van der Waals surface area contributed by atoms with E-state index in [1.54, 1.807) is 0 Å². The van der Waals surface area contributed by atoms with Crippen LogP contribution in [0.1, 0.15) is 51.0 Å². The average molecular weight is 244 g/mol. The van der Waals surface area contributed by atoms with E-state index in [1.165, 1.54) is 24.8 Å². The summed E-state index contributed by atoms with van der Waals surface area (Å²) in [5.41, 5.74) is 1.23. The second-order valence-corrected chi connectivity index (χ2v) is 4.66. The van der Waals surface area contributed by atoms with Crippen LogP contribution in [0.2, 0.25) is 0 Å². The Balaban J connectivity index is 2.33. The Morgan fingerprint density at radius 2 is 1.94 bits per heavy atom. The van der Waals surface area contributed by atoms with Crippen LogP contribution in [-0.2, 0) is 11.3 Å². The van der Waals surface area contributed by atoms with Crippen molar-refractivity contribution in [3.05, 3.63) is 35.9 Å². The molecule has 0 saturated heterocycles. The lowest BCUT2D eigenvalue weighted by atomic mass is 10.1. The van der Waals surface area contributed by atoms with Crippen LogP contribution >= 0.6 is 0 Å². The molecule has 18 heavy (non-hydrogen) atoms. The fraction of sp³-hybridized carbons (Fsp3) is 0.529. The Labute approximate surface area is 112 Å². The number of unbranched alkanes of at least 4 members (excludes halogenated alkanes) is 2. The molecule has 0 N–H and O–H groups in total. The van der Waals surface area contributed by atoms with Gasteiger partial charge in [-0.15, -0.1) is 12.3 Å². The first kappa shape index (κ1) is 14.8. The molecule has 0 aromatic heterocycles. The number of hydrogen-bond donors (Lipinski definition) is 0. The minimum Gasteiger partial charge on any atom is -0.374 e. The predicted molar refractivity (Wildman–Crippen MR) is 77.2 cm³/mol. The molecule has 0 aliphatic carbocycles. The summed E-state index contributed by atoms with van der Waals surface area (Å²) in [5.74, 6) is 2.71. The van der Waals surface area contributed by atoms with E-state index in [4.69, 9.17) is 11.2 Å². The Hall–Kier alpha value is -1.26. The van der Waals surface area contributed by atoms with Gasteiger partial charge in [0.1, 0.15) is 0 Å². The number of ether oxygens (including phenoxy) is 1. The summed E-state index contributed by atoms with van der Waals surface area (Å²) < 4.78 is 5.98. The number of rotatable bonds is 9. The van der Waals surface area contributed by atoms with Gasteiger partial charge < -0.3 is 4.74 Å². The molecule has 0 fully saturated rings. The number of benzene rings is 1. The van der Waals surface area contributed by atoms with Crippen molar-refractivity contribution in [3.8, 4) is 12.3 Å². The van der Waals surface area contributed by atoms with E-state index in [9.17, 15) is 0 Å². The predicted octanol–water partition coefficient (Wildman–Crippen LogP) is 4.57. The van der Waals surface area contributed by atoms with Crippen molar-refractivity contribution in [1.29, 1.82) is 0 Å². The minimum atomic E-state index is 0.313. The van der Waals surface area contributed by atoms with E-state index in [0.717, 1.165) is 19.3 Å². The second kappa shape index (κ2) is 9.74. The van der Waals surface area contributed by atoms with Crippen LogP contribution in [0.5, 0.6) is 0 Å². The monoisotopic (exact) mass is 244 g/mol. The molecule has 1 aromatic carbocycles. The molecule has 98 valence electrons. The van der Waals surface area contributed by atoms with Crippen LogP contribution in [0.4, 0.5) is 0 Å². The maximum absolute atomic E-state index is 5.98. The molecule has 0 unspecified atom stereocenters. The van der Waals surface area contributed by atoms with Gasteiger partial charge in [-0.3, -0.25) is 0 Å². The Morgan fingerprint density at radius 3 is 2.61 bits per heavy atom. The van der Waals surface area contributed by atoms with Crippen molar-refractivity contribution in [3.63, 3.8) is 0 Å². The molecule has 1 aromatic rings. The molecular formula is C17H24O. The zero-order valence-electron chi connectivity index (χ0n) is 11.4. The maximum Gasteiger partial charge on any atom is 0.0720 e. The smallest absolute Gasteiger partial charge is 0.0720 e. The molecule has 1 rings (SSSR count). The Bertz CT molecular complexity index is 336. The summed E-state index contributed by atoms with van der Waals surface area (Å²) in [4.78, 5) is 0. The normalized spacial score (nSPS) is 12.0. The summed E-state index contributed by atoms with van der Waals surface area (Å²) in [6.45, 7) is 2.92. The molecule has 1 heteroatoms. The lowest BCUT2D eigenvalue weighted by Crippen LogP contribution is -2.12. The van der Waals surface area contributed by atoms with Gasteiger partial charge in [-0.25, -0.2) is 0 Å². The van der Waals surface area contributed by atoms with Crippen molar-refractivity contribution < 1.29 is 4.74 Å². The molecule has 1 nitrogen and oxygen atoms in total. The third-order valence-corrected chi connectivity index (χ3v) is 3.07. The standard InChI is InChI=1S/C17H24O/c1-3-5-8-14-17(13-6-4-2)18-15-16-11-9-7-10-12-16/h2,7,9-12,17H,3,5-6,8,13-15H2,1H3/t17-/m1/s1. The van der Waals surface area contributed by atoms with E-state index in [2.05, 4.69) is 25.0 Å². The van der Waals surface area contributed by atoms with Gasteiger partial charge in [0.25, 0.3) is 0 Å². The average Bonchev–Trinajstić information content (AvgIpc) is 2.42. The van der Waals surface area contributed by atoms with Crippen molar-refractivity contribution in [2.24, 2.45) is 0 Å². The molecule has 0 amide bonds. The maximum atomic E-state index is 5.98. The van der Waals surface area contributed by atoms with E-state index >= 15 is 0 Å². The molecule has 0 aliphatic heterocycles. The van der Waals surface area contributed by atoms with Gasteiger partial charge in [0.05, 0.1) is 12.7 Å². The quantitative estimate of drug-likeness (QED) is 0.457. The number of terminal acetylenes is 1. The van der Waals surface area contributed by atoms with E-state index in [1.807, 2.05) is 18.2 Å². The highest BCUT2D eigenvalue weighted by molar-refractivity contribution is 5.13. The van der Waals surface area contributed by atoms with Crippen LogP contribution in [0.3, 0.4) is 0 Å². The molecule has 1 atom stereocenters. The van der Waals surface area contributed by atoms with Gasteiger partial charge in [0.2, 0.25) is 0 Å². The molecule has 0 radical (unpaired) electrons. The first-order chi connectivity index (χ1) is 8.86. The first-order valence-electron chi connectivity index (χ1n) is 6.95. The molecule has 0 bridgehead atoms. The summed E-state index contributed by atoms with van der Waals surface area (Å²) in [7, 11) is 0. The summed E-state index contributed by atoms with van der Waals surface area (Å²) >= 11 is 0. The Kier molecular flexibility index (Phi) is 8.01. The highest BCUT2D eigenvalue weighted by Crippen LogP contribution is 2.14. The van der Waals surface area contributed by atoms with Crippen molar-refractivity contribution in [2.45, 2.75) is 58.2 Å². The van der Waals surface area contributed by atoms with Crippen LogP contribution < -0.4 is 0 Å². The third-order valence-electron chi connectivity index (χ3n) is 3.07. The van der Waals surface area contributed by atoms with E-state index in [0.29, 0.717) is 12.7 Å². The molecular weight excluding hydrogens is 220 g/mol. The van der Waals surface area contributed by atoms with Crippen molar-refractivity contribution >= 4 is 0 Å². The Morgan fingerprint density at radius 1 is 1.17 bits per heavy atom. The molecule has 0 saturated carbocycles. The van der Waals surface area contributed by atoms with Crippen molar-refractivity contribution in [2.75, 3.05) is 0 Å². The van der Waals surface area contributed by atoms with Gasteiger partial charge in [-0.05, 0) is 18.4 Å². The molecule has 0 aliphatic rings. The zero-order valence-corrected chi connectivity index (χ0v) is 11.4. The van der Waals surface area contributed by atoms with Crippen LogP contribution in [-0.4, -0.2) is 6.10 Å².